The highest BCUT2D eigenvalue weighted by Gasteiger charge is 2.33. The normalized spacial score (nSPS) is 21.1. The summed E-state index contributed by atoms with van der Waals surface area (Å²) >= 11 is 0. The van der Waals surface area contributed by atoms with Gasteiger partial charge in [0.25, 0.3) is 0 Å². The van der Waals surface area contributed by atoms with E-state index in [4.69, 9.17) is 14.2 Å². The summed E-state index contributed by atoms with van der Waals surface area (Å²) < 4.78 is 43.4. The first kappa shape index (κ1) is 23.7. The SMILES string of the molecule is O=C(C[C@@H]1CC[C@H](NC(=O)Nc2cc(F)ccc2F)[C@H](CO)O1)NCc1ccc2c(c1)OCO2. The number of ether oxygens (including phenoxy) is 3. The van der Waals surface area contributed by atoms with Gasteiger partial charge in [-0.05, 0) is 42.7 Å². The lowest BCUT2D eigenvalue weighted by atomic mass is 9.97. The molecule has 182 valence electrons. The zero-order valence-electron chi connectivity index (χ0n) is 18.2. The summed E-state index contributed by atoms with van der Waals surface area (Å²) in [6.07, 6.45) is -0.189. The van der Waals surface area contributed by atoms with E-state index in [9.17, 15) is 23.5 Å². The molecule has 1 saturated heterocycles. The second-order valence-corrected chi connectivity index (χ2v) is 8.05. The van der Waals surface area contributed by atoms with Crippen LogP contribution in [0, 0.1) is 11.6 Å². The smallest absolute Gasteiger partial charge is 0.319 e. The van der Waals surface area contributed by atoms with E-state index in [0.29, 0.717) is 30.9 Å². The molecule has 3 atom stereocenters. The van der Waals surface area contributed by atoms with Gasteiger partial charge in [0.1, 0.15) is 17.7 Å². The van der Waals surface area contributed by atoms with Crippen LogP contribution in [0.1, 0.15) is 24.8 Å². The van der Waals surface area contributed by atoms with Crippen molar-refractivity contribution < 1.29 is 37.7 Å². The number of hydrogen-bond acceptors (Lipinski definition) is 6. The van der Waals surface area contributed by atoms with Gasteiger partial charge in [-0.15, -0.1) is 0 Å². The monoisotopic (exact) mass is 477 g/mol. The van der Waals surface area contributed by atoms with Gasteiger partial charge in [0.2, 0.25) is 12.7 Å². The predicted octanol–water partition coefficient (Wildman–Crippen LogP) is 2.43. The van der Waals surface area contributed by atoms with Gasteiger partial charge < -0.3 is 35.3 Å². The van der Waals surface area contributed by atoms with Gasteiger partial charge in [-0.1, -0.05) is 6.07 Å². The maximum atomic E-state index is 13.7. The Bertz CT molecular complexity index is 1050. The van der Waals surface area contributed by atoms with E-state index in [1.54, 1.807) is 12.1 Å². The Morgan fingerprint density at radius 3 is 2.71 bits per heavy atom. The van der Waals surface area contributed by atoms with Gasteiger partial charge in [-0.2, -0.15) is 0 Å². The highest BCUT2D eigenvalue weighted by atomic mass is 19.1. The van der Waals surface area contributed by atoms with Crippen LogP contribution < -0.4 is 25.4 Å². The van der Waals surface area contributed by atoms with Crippen molar-refractivity contribution in [3.63, 3.8) is 0 Å². The van der Waals surface area contributed by atoms with Gasteiger partial charge in [0, 0.05) is 12.6 Å². The number of aliphatic hydroxyl groups excluding tert-OH is 1. The van der Waals surface area contributed by atoms with Crippen LogP contribution in [-0.2, 0) is 16.1 Å². The number of nitrogens with one attached hydrogen (secondary N) is 3. The summed E-state index contributed by atoms with van der Waals surface area (Å²) in [6, 6.07) is 6.84. The number of halogens is 2. The molecule has 0 spiro atoms. The minimum Gasteiger partial charge on any atom is -0.454 e. The molecule has 0 radical (unpaired) electrons. The summed E-state index contributed by atoms with van der Waals surface area (Å²) in [6.45, 7) is 0.108. The Balaban J connectivity index is 1.23. The van der Waals surface area contributed by atoms with E-state index in [1.807, 2.05) is 6.07 Å². The third-order valence-electron chi connectivity index (χ3n) is 5.63. The fourth-order valence-corrected chi connectivity index (χ4v) is 3.90. The van der Waals surface area contributed by atoms with Gasteiger partial charge in [0.05, 0.1) is 30.9 Å². The Hall–Kier alpha value is -3.44. The lowest BCUT2D eigenvalue weighted by Gasteiger charge is -2.35. The van der Waals surface area contributed by atoms with Gasteiger partial charge in [-0.25, -0.2) is 13.6 Å². The third kappa shape index (κ3) is 5.91. The minimum absolute atomic E-state index is 0.0917. The quantitative estimate of drug-likeness (QED) is 0.487. The Morgan fingerprint density at radius 1 is 1.06 bits per heavy atom. The number of rotatable bonds is 7. The van der Waals surface area contributed by atoms with Crippen LogP contribution in [0.3, 0.4) is 0 Å². The number of anilines is 1. The van der Waals surface area contributed by atoms with Crippen LogP contribution in [-0.4, -0.2) is 48.7 Å². The predicted molar refractivity (Wildman–Crippen MR) is 116 cm³/mol. The second kappa shape index (κ2) is 10.7. The summed E-state index contributed by atoms with van der Waals surface area (Å²) in [5.41, 5.74) is 0.562. The molecule has 3 amide bonds. The zero-order valence-corrected chi connectivity index (χ0v) is 18.2. The maximum absolute atomic E-state index is 13.7. The summed E-state index contributed by atoms with van der Waals surface area (Å²) in [7, 11) is 0. The average molecular weight is 477 g/mol. The van der Waals surface area contributed by atoms with E-state index in [-0.39, 0.29) is 31.4 Å². The first-order valence-electron chi connectivity index (χ1n) is 10.9. The standard InChI is InChI=1S/C23H25F2N3O6/c24-14-2-4-16(25)18(8-14)28-23(31)27-17-5-3-15(34-21(17)11-29)9-22(30)26-10-13-1-6-19-20(7-13)33-12-32-19/h1-2,4,6-8,15,17,21,29H,3,5,9-12H2,(H,26,30)(H2,27,28,31)/t15-,17-,21-/m0/s1. The van der Waals surface area contributed by atoms with E-state index in [0.717, 1.165) is 23.8 Å². The molecule has 9 nitrogen and oxygen atoms in total. The number of urea groups is 1. The molecule has 11 heteroatoms. The van der Waals surface area contributed by atoms with Crippen molar-refractivity contribution in [3.8, 4) is 11.5 Å². The van der Waals surface area contributed by atoms with Crippen LogP contribution in [0.25, 0.3) is 0 Å². The molecule has 2 aromatic carbocycles. The fraction of sp³-hybridized carbons (Fsp3) is 0.391. The summed E-state index contributed by atoms with van der Waals surface area (Å²) in [5.74, 6) is -0.382. The van der Waals surface area contributed by atoms with Crippen LogP contribution in [0.4, 0.5) is 19.3 Å². The number of carbonyl (C=O) groups excluding carboxylic acids is 2. The van der Waals surface area contributed by atoms with E-state index in [2.05, 4.69) is 16.0 Å². The number of carbonyl (C=O) groups is 2. The fourth-order valence-electron chi connectivity index (χ4n) is 3.90. The number of amides is 3. The molecule has 1 fully saturated rings. The highest BCUT2D eigenvalue weighted by molar-refractivity contribution is 5.89. The molecule has 2 heterocycles. The van der Waals surface area contributed by atoms with E-state index < -0.39 is 35.9 Å². The topological polar surface area (TPSA) is 118 Å². The third-order valence-corrected chi connectivity index (χ3v) is 5.63. The van der Waals surface area contributed by atoms with Crippen molar-refractivity contribution >= 4 is 17.6 Å². The van der Waals surface area contributed by atoms with E-state index in [1.165, 1.54) is 0 Å². The molecule has 0 bridgehead atoms. The van der Waals surface area contributed by atoms with Crippen molar-refractivity contribution in [2.24, 2.45) is 0 Å². The van der Waals surface area contributed by atoms with Crippen molar-refractivity contribution in [1.82, 2.24) is 10.6 Å². The van der Waals surface area contributed by atoms with Crippen LogP contribution in [0.15, 0.2) is 36.4 Å². The molecular weight excluding hydrogens is 452 g/mol. The van der Waals surface area contributed by atoms with Gasteiger partial charge in [0.15, 0.2) is 11.5 Å². The van der Waals surface area contributed by atoms with Crippen LogP contribution in [0.2, 0.25) is 0 Å². The molecular formula is C23H25F2N3O6. The molecule has 0 aliphatic carbocycles. The van der Waals surface area contributed by atoms with Gasteiger partial charge in [-0.3, -0.25) is 4.79 Å². The largest absolute Gasteiger partial charge is 0.454 e. The highest BCUT2D eigenvalue weighted by Crippen LogP contribution is 2.32. The first-order chi connectivity index (χ1) is 16.4. The Labute approximate surface area is 194 Å². The van der Waals surface area contributed by atoms with Crippen LogP contribution in [0.5, 0.6) is 11.5 Å². The summed E-state index contributed by atoms with van der Waals surface area (Å²) in [4.78, 5) is 24.6. The van der Waals surface area contributed by atoms with Crippen molar-refractivity contribution in [3.05, 3.63) is 53.6 Å². The number of benzene rings is 2. The number of aliphatic hydroxyl groups is 1. The van der Waals surface area contributed by atoms with Gasteiger partial charge >= 0.3 is 6.03 Å². The maximum Gasteiger partial charge on any atom is 0.319 e. The van der Waals surface area contributed by atoms with Crippen LogP contribution >= 0.6 is 0 Å². The molecule has 2 aliphatic rings. The average Bonchev–Trinajstić information content (AvgIpc) is 3.29. The second-order valence-electron chi connectivity index (χ2n) is 8.05. The van der Waals surface area contributed by atoms with Crippen molar-refractivity contribution in [2.75, 3.05) is 18.7 Å². The molecule has 0 aromatic heterocycles. The first-order valence-corrected chi connectivity index (χ1v) is 10.9. The Kier molecular flexibility index (Phi) is 7.43. The minimum atomic E-state index is -0.776. The molecule has 0 unspecified atom stereocenters. The zero-order chi connectivity index (χ0) is 24.1. The van der Waals surface area contributed by atoms with Crippen molar-refractivity contribution in [2.45, 2.75) is 44.1 Å². The molecule has 34 heavy (non-hydrogen) atoms. The van der Waals surface area contributed by atoms with Crippen molar-refractivity contribution in [1.29, 1.82) is 0 Å². The lowest BCUT2D eigenvalue weighted by Crippen LogP contribution is -2.52. The molecule has 4 N–H and O–H groups in total. The number of fused-ring (bicyclic) bond motifs is 1. The summed E-state index contributed by atoms with van der Waals surface area (Å²) in [5, 5.41) is 17.4. The molecule has 2 aliphatic heterocycles. The molecule has 4 rings (SSSR count). The molecule has 2 aromatic rings. The molecule has 0 saturated carbocycles. The Morgan fingerprint density at radius 2 is 1.88 bits per heavy atom. The van der Waals surface area contributed by atoms with E-state index >= 15 is 0 Å². The number of hydrogen-bond donors (Lipinski definition) is 4. The lowest BCUT2D eigenvalue weighted by molar-refractivity contribution is -0.130.